The van der Waals surface area contributed by atoms with Crippen LogP contribution in [-0.2, 0) is 6.54 Å². The maximum Gasteiger partial charge on any atom is 0.192 e. The molecular formula is C25H20FN3O3S. The van der Waals surface area contributed by atoms with Crippen LogP contribution >= 0.6 is 11.8 Å². The molecule has 166 valence electrons. The minimum absolute atomic E-state index is 0.0467. The highest BCUT2D eigenvalue weighted by Gasteiger charge is 2.19. The van der Waals surface area contributed by atoms with Gasteiger partial charge in [-0.15, -0.1) is 10.2 Å². The molecule has 33 heavy (non-hydrogen) atoms. The van der Waals surface area contributed by atoms with Crippen molar-refractivity contribution in [3.05, 3.63) is 89.7 Å². The SMILES string of the molecule is O=C(CSc1nnc(-c2ccc(F)cc2)n1Cc1ccccc1)c1ccc2c(c1)OCCO2. The van der Waals surface area contributed by atoms with E-state index in [0.717, 1.165) is 11.1 Å². The predicted molar refractivity (Wildman–Crippen MR) is 123 cm³/mol. The van der Waals surface area contributed by atoms with Crippen molar-refractivity contribution in [2.45, 2.75) is 11.7 Å². The molecule has 0 saturated carbocycles. The Kier molecular flexibility index (Phi) is 6.08. The van der Waals surface area contributed by atoms with Crippen LogP contribution in [0.1, 0.15) is 15.9 Å². The standard InChI is InChI=1S/C25H20FN3O3S/c26-20-9-6-18(7-10-20)24-27-28-25(29(24)15-17-4-2-1-3-5-17)33-16-21(30)19-8-11-22-23(14-19)32-13-12-31-22/h1-11,14H,12-13,15-16H2. The third-order valence-electron chi connectivity index (χ3n) is 5.20. The highest BCUT2D eigenvalue weighted by atomic mass is 32.2. The van der Waals surface area contributed by atoms with Crippen LogP contribution in [0.15, 0.2) is 78.0 Å². The van der Waals surface area contributed by atoms with E-state index in [0.29, 0.717) is 47.8 Å². The molecule has 3 aromatic carbocycles. The molecule has 1 aliphatic heterocycles. The Bertz CT molecular complexity index is 1280. The van der Waals surface area contributed by atoms with Crippen molar-refractivity contribution in [2.24, 2.45) is 0 Å². The first kappa shape index (κ1) is 21.2. The summed E-state index contributed by atoms with van der Waals surface area (Å²) in [5.74, 6) is 1.69. The molecule has 1 aliphatic rings. The van der Waals surface area contributed by atoms with E-state index in [1.807, 2.05) is 34.9 Å². The summed E-state index contributed by atoms with van der Waals surface area (Å²) < 4.78 is 26.5. The molecule has 0 unspecified atom stereocenters. The Hall–Kier alpha value is -3.65. The molecule has 0 saturated heterocycles. The van der Waals surface area contributed by atoms with Crippen LogP contribution < -0.4 is 9.47 Å². The van der Waals surface area contributed by atoms with Gasteiger partial charge in [-0.1, -0.05) is 42.1 Å². The Morgan fingerprint density at radius 2 is 1.70 bits per heavy atom. The van der Waals surface area contributed by atoms with Crippen LogP contribution in [0, 0.1) is 5.82 Å². The Morgan fingerprint density at radius 1 is 0.939 bits per heavy atom. The van der Waals surface area contributed by atoms with E-state index in [-0.39, 0.29) is 17.4 Å². The number of aromatic nitrogens is 3. The van der Waals surface area contributed by atoms with Crippen LogP contribution in [-0.4, -0.2) is 39.5 Å². The van der Waals surface area contributed by atoms with Gasteiger partial charge in [0, 0.05) is 11.1 Å². The number of rotatable bonds is 7. The predicted octanol–water partition coefficient (Wildman–Crippen LogP) is 4.88. The summed E-state index contributed by atoms with van der Waals surface area (Å²) in [5, 5.41) is 9.29. The summed E-state index contributed by atoms with van der Waals surface area (Å²) >= 11 is 1.32. The van der Waals surface area contributed by atoms with Crippen LogP contribution in [0.2, 0.25) is 0 Å². The second-order valence-corrected chi connectivity index (χ2v) is 8.40. The van der Waals surface area contributed by atoms with E-state index >= 15 is 0 Å². The van der Waals surface area contributed by atoms with E-state index in [4.69, 9.17) is 9.47 Å². The lowest BCUT2D eigenvalue weighted by Crippen LogP contribution is -2.16. The molecule has 0 bridgehead atoms. The minimum Gasteiger partial charge on any atom is -0.486 e. The molecule has 0 amide bonds. The highest BCUT2D eigenvalue weighted by molar-refractivity contribution is 7.99. The number of hydrogen-bond acceptors (Lipinski definition) is 6. The molecular weight excluding hydrogens is 441 g/mol. The van der Waals surface area contributed by atoms with E-state index in [1.54, 1.807) is 30.3 Å². The molecule has 0 fully saturated rings. The lowest BCUT2D eigenvalue weighted by atomic mass is 10.1. The fourth-order valence-electron chi connectivity index (χ4n) is 3.55. The van der Waals surface area contributed by atoms with E-state index in [1.165, 1.54) is 23.9 Å². The molecule has 0 atom stereocenters. The number of halogens is 1. The summed E-state index contributed by atoms with van der Waals surface area (Å²) in [6, 6.07) is 21.3. The molecule has 5 rings (SSSR count). The summed E-state index contributed by atoms with van der Waals surface area (Å²) in [4.78, 5) is 12.9. The van der Waals surface area contributed by atoms with Gasteiger partial charge in [0.15, 0.2) is 28.3 Å². The first-order valence-electron chi connectivity index (χ1n) is 10.5. The third kappa shape index (κ3) is 4.75. The second kappa shape index (κ2) is 9.46. The molecule has 1 aromatic heterocycles. The lowest BCUT2D eigenvalue weighted by molar-refractivity contribution is 0.102. The Balaban J connectivity index is 1.39. The quantitative estimate of drug-likeness (QED) is 0.289. The number of ketones is 1. The molecule has 4 aromatic rings. The first-order chi connectivity index (χ1) is 16.2. The molecule has 6 nitrogen and oxygen atoms in total. The smallest absolute Gasteiger partial charge is 0.192 e. The van der Waals surface area contributed by atoms with Gasteiger partial charge in [-0.2, -0.15) is 0 Å². The summed E-state index contributed by atoms with van der Waals surface area (Å²) in [6.45, 7) is 1.50. The zero-order valence-corrected chi connectivity index (χ0v) is 18.4. The molecule has 0 N–H and O–H groups in total. The molecule has 2 heterocycles. The number of carbonyl (C=O) groups is 1. The topological polar surface area (TPSA) is 66.2 Å². The van der Waals surface area contributed by atoms with Gasteiger partial charge < -0.3 is 9.47 Å². The van der Waals surface area contributed by atoms with Gasteiger partial charge in [0.25, 0.3) is 0 Å². The van der Waals surface area contributed by atoms with Crippen LogP contribution in [0.3, 0.4) is 0 Å². The number of nitrogens with zero attached hydrogens (tertiary/aromatic N) is 3. The molecule has 0 spiro atoms. The molecule has 8 heteroatoms. The largest absolute Gasteiger partial charge is 0.486 e. The third-order valence-corrected chi connectivity index (χ3v) is 6.17. The lowest BCUT2D eigenvalue weighted by Gasteiger charge is -2.18. The van der Waals surface area contributed by atoms with Crippen LogP contribution in [0.5, 0.6) is 11.5 Å². The number of thioether (sulfide) groups is 1. The highest BCUT2D eigenvalue weighted by Crippen LogP contribution is 2.32. The van der Waals surface area contributed by atoms with Gasteiger partial charge in [-0.05, 0) is 48.0 Å². The first-order valence-corrected chi connectivity index (χ1v) is 11.4. The number of hydrogen-bond donors (Lipinski definition) is 0. The van der Waals surface area contributed by atoms with Crippen LogP contribution in [0.25, 0.3) is 11.4 Å². The Labute approximate surface area is 194 Å². The number of Topliss-reactive ketones (excluding diaryl/α,β-unsaturated/α-hetero) is 1. The number of fused-ring (bicyclic) bond motifs is 1. The monoisotopic (exact) mass is 461 g/mol. The van der Waals surface area contributed by atoms with Crippen molar-refractivity contribution in [1.82, 2.24) is 14.8 Å². The van der Waals surface area contributed by atoms with Gasteiger partial charge in [0.1, 0.15) is 19.0 Å². The average molecular weight is 462 g/mol. The van der Waals surface area contributed by atoms with Crippen molar-refractivity contribution in [2.75, 3.05) is 19.0 Å². The zero-order chi connectivity index (χ0) is 22.6. The zero-order valence-electron chi connectivity index (χ0n) is 17.6. The van der Waals surface area contributed by atoms with Crippen molar-refractivity contribution < 1.29 is 18.7 Å². The second-order valence-electron chi connectivity index (χ2n) is 7.46. The van der Waals surface area contributed by atoms with Gasteiger partial charge >= 0.3 is 0 Å². The number of carbonyl (C=O) groups excluding carboxylic acids is 1. The number of benzene rings is 3. The minimum atomic E-state index is -0.313. The fourth-order valence-corrected chi connectivity index (χ4v) is 4.38. The molecule has 0 aliphatic carbocycles. The van der Waals surface area contributed by atoms with Gasteiger partial charge in [-0.25, -0.2) is 4.39 Å². The van der Waals surface area contributed by atoms with E-state index in [2.05, 4.69) is 10.2 Å². The maximum absolute atomic E-state index is 13.4. The number of ether oxygens (including phenoxy) is 2. The van der Waals surface area contributed by atoms with Gasteiger partial charge in [0.2, 0.25) is 0 Å². The van der Waals surface area contributed by atoms with Crippen molar-refractivity contribution in [1.29, 1.82) is 0 Å². The van der Waals surface area contributed by atoms with Gasteiger partial charge in [0.05, 0.1) is 12.3 Å². The van der Waals surface area contributed by atoms with Crippen molar-refractivity contribution in [3.8, 4) is 22.9 Å². The normalized spacial score (nSPS) is 12.5. The summed E-state index contributed by atoms with van der Waals surface area (Å²) in [6.07, 6.45) is 0. The summed E-state index contributed by atoms with van der Waals surface area (Å²) in [7, 11) is 0. The van der Waals surface area contributed by atoms with Crippen molar-refractivity contribution in [3.63, 3.8) is 0 Å². The van der Waals surface area contributed by atoms with Crippen LogP contribution in [0.4, 0.5) is 4.39 Å². The van der Waals surface area contributed by atoms with Gasteiger partial charge in [-0.3, -0.25) is 9.36 Å². The molecule has 0 radical (unpaired) electrons. The van der Waals surface area contributed by atoms with E-state index < -0.39 is 0 Å². The maximum atomic E-state index is 13.4. The Morgan fingerprint density at radius 3 is 2.48 bits per heavy atom. The van der Waals surface area contributed by atoms with E-state index in [9.17, 15) is 9.18 Å². The summed E-state index contributed by atoms with van der Waals surface area (Å²) in [5.41, 5.74) is 2.38. The van der Waals surface area contributed by atoms with Crippen molar-refractivity contribution >= 4 is 17.5 Å². The fraction of sp³-hybridized carbons (Fsp3) is 0.160. The average Bonchev–Trinajstić information content (AvgIpc) is 3.25.